The number of ketones is 2. The minimum Gasteiger partial charge on any atom is -0.297 e. The third-order valence-corrected chi connectivity index (χ3v) is 3.77. The van der Waals surface area contributed by atoms with E-state index in [0.29, 0.717) is 11.3 Å². The molecule has 3 rings (SSSR count). The van der Waals surface area contributed by atoms with Crippen LogP contribution in [0, 0.1) is 5.92 Å². The van der Waals surface area contributed by atoms with Gasteiger partial charge in [0.15, 0.2) is 5.78 Å². The fraction of sp³-hybridized carbons (Fsp3) is 0.308. The molecule has 1 aromatic carbocycles. The van der Waals surface area contributed by atoms with Gasteiger partial charge in [-0.3, -0.25) is 19.3 Å². The fourth-order valence-corrected chi connectivity index (χ4v) is 2.46. The monoisotopic (exact) mass is 307 g/mol. The van der Waals surface area contributed by atoms with Crippen molar-refractivity contribution in [2.24, 2.45) is 5.92 Å². The molecule has 92 valence electrons. The Balaban J connectivity index is 1.95. The Labute approximate surface area is 112 Å². The van der Waals surface area contributed by atoms with Gasteiger partial charge in [-0.05, 0) is 31.0 Å². The molecule has 2 aliphatic rings. The summed E-state index contributed by atoms with van der Waals surface area (Å²) < 4.78 is 0.785. The third kappa shape index (κ3) is 1.79. The first-order valence-electron chi connectivity index (χ1n) is 5.76. The molecule has 18 heavy (non-hydrogen) atoms. The minimum atomic E-state index is -0.600. The van der Waals surface area contributed by atoms with E-state index in [4.69, 9.17) is 0 Å². The highest BCUT2D eigenvalue weighted by molar-refractivity contribution is 9.10. The van der Waals surface area contributed by atoms with Crippen LogP contribution in [0.4, 0.5) is 5.69 Å². The lowest BCUT2D eigenvalue weighted by Crippen LogP contribution is -2.35. The topological polar surface area (TPSA) is 54.5 Å². The number of anilines is 1. The van der Waals surface area contributed by atoms with Gasteiger partial charge in [0.2, 0.25) is 0 Å². The van der Waals surface area contributed by atoms with E-state index in [2.05, 4.69) is 15.9 Å². The van der Waals surface area contributed by atoms with Crippen molar-refractivity contribution >= 4 is 39.1 Å². The molecule has 1 aromatic rings. The Kier molecular flexibility index (Phi) is 2.59. The Morgan fingerprint density at radius 3 is 2.72 bits per heavy atom. The predicted molar refractivity (Wildman–Crippen MR) is 68.6 cm³/mol. The second-order valence-electron chi connectivity index (χ2n) is 4.62. The normalized spacial score (nSPS) is 18.2. The molecule has 4 nitrogen and oxygen atoms in total. The van der Waals surface area contributed by atoms with Crippen molar-refractivity contribution in [1.29, 1.82) is 0 Å². The molecule has 1 aliphatic carbocycles. The van der Waals surface area contributed by atoms with Crippen molar-refractivity contribution in [3.63, 3.8) is 0 Å². The number of hydrogen-bond donors (Lipinski definition) is 0. The zero-order valence-corrected chi connectivity index (χ0v) is 11.1. The quantitative estimate of drug-likeness (QED) is 0.802. The number of amides is 1. The second-order valence-corrected chi connectivity index (χ2v) is 5.54. The smallest absolute Gasteiger partial charge is 0.297 e. The van der Waals surface area contributed by atoms with Gasteiger partial charge in [0.1, 0.15) is 0 Å². The molecule has 1 heterocycles. The predicted octanol–water partition coefficient (Wildman–Crippen LogP) is 1.96. The zero-order chi connectivity index (χ0) is 12.9. The molecule has 0 spiro atoms. The van der Waals surface area contributed by atoms with E-state index in [-0.39, 0.29) is 18.2 Å². The summed E-state index contributed by atoms with van der Waals surface area (Å²) in [5.74, 6) is -0.994. The van der Waals surface area contributed by atoms with Crippen LogP contribution in [-0.4, -0.2) is 24.0 Å². The van der Waals surface area contributed by atoms with Gasteiger partial charge in [0, 0.05) is 10.4 Å². The lowest BCUT2D eigenvalue weighted by Gasteiger charge is -2.15. The Morgan fingerprint density at radius 1 is 1.33 bits per heavy atom. The van der Waals surface area contributed by atoms with Gasteiger partial charge in [0.25, 0.3) is 11.7 Å². The van der Waals surface area contributed by atoms with Crippen molar-refractivity contribution < 1.29 is 14.4 Å². The van der Waals surface area contributed by atoms with Crippen molar-refractivity contribution in [2.75, 3.05) is 11.4 Å². The number of halogens is 1. The molecule has 0 saturated heterocycles. The number of rotatable bonds is 3. The van der Waals surface area contributed by atoms with E-state index in [1.807, 2.05) is 0 Å². The number of carbonyl (C=O) groups excluding carboxylic acids is 3. The van der Waals surface area contributed by atoms with Crippen LogP contribution in [0.25, 0.3) is 0 Å². The van der Waals surface area contributed by atoms with E-state index < -0.39 is 11.7 Å². The summed E-state index contributed by atoms with van der Waals surface area (Å²) in [5, 5.41) is 0. The maximum absolute atomic E-state index is 11.9. The SMILES string of the molecule is O=C1C(=O)N(CC(=O)C2CC2)c2cc(Br)ccc21. The summed E-state index contributed by atoms with van der Waals surface area (Å²) in [7, 11) is 0. The van der Waals surface area contributed by atoms with Gasteiger partial charge in [-0.2, -0.15) is 0 Å². The molecule has 0 aromatic heterocycles. The largest absolute Gasteiger partial charge is 0.299 e. The van der Waals surface area contributed by atoms with E-state index in [1.54, 1.807) is 18.2 Å². The number of hydrogen-bond acceptors (Lipinski definition) is 3. The lowest BCUT2D eigenvalue weighted by atomic mass is 10.1. The average Bonchev–Trinajstić information content (AvgIpc) is 3.15. The Bertz CT molecular complexity index is 578. The average molecular weight is 308 g/mol. The van der Waals surface area contributed by atoms with E-state index in [9.17, 15) is 14.4 Å². The summed E-state index contributed by atoms with van der Waals surface area (Å²) in [4.78, 5) is 36.7. The standard InChI is InChI=1S/C13H10BrNO3/c14-8-3-4-9-10(5-8)15(13(18)12(9)17)6-11(16)7-1-2-7/h3-5,7H,1-2,6H2. The van der Waals surface area contributed by atoms with Gasteiger partial charge in [0.05, 0.1) is 17.8 Å². The molecule has 1 fully saturated rings. The first-order valence-corrected chi connectivity index (χ1v) is 6.55. The van der Waals surface area contributed by atoms with Gasteiger partial charge < -0.3 is 0 Å². The van der Waals surface area contributed by atoms with Crippen molar-refractivity contribution in [2.45, 2.75) is 12.8 Å². The van der Waals surface area contributed by atoms with Gasteiger partial charge >= 0.3 is 0 Å². The second kappa shape index (κ2) is 4.02. The first kappa shape index (κ1) is 11.6. The molecule has 0 bridgehead atoms. The summed E-state index contributed by atoms with van der Waals surface area (Å²) in [6, 6.07) is 5.04. The number of Topliss-reactive ketones (excluding diaryl/α,β-unsaturated/α-hetero) is 2. The van der Waals surface area contributed by atoms with Crippen LogP contribution in [0.3, 0.4) is 0 Å². The van der Waals surface area contributed by atoms with Crippen LogP contribution in [0.5, 0.6) is 0 Å². The maximum atomic E-state index is 11.9. The number of carbonyl (C=O) groups is 3. The van der Waals surface area contributed by atoms with Crippen LogP contribution in [0.1, 0.15) is 23.2 Å². The van der Waals surface area contributed by atoms with Crippen LogP contribution in [0.15, 0.2) is 22.7 Å². The van der Waals surface area contributed by atoms with Gasteiger partial charge in [-0.15, -0.1) is 0 Å². The van der Waals surface area contributed by atoms with Crippen LogP contribution >= 0.6 is 15.9 Å². The van der Waals surface area contributed by atoms with Gasteiger partial charge in [-0.1, -0.05) is 15.9 Å². The highest BCUT2D eigenvalue weighted by Crippen LogP contribution is 2.34. The van der Waals surface area contributed by atoms with Crippen LogP contribution in [-0.2, 0) is 9.59 Å². The molecule has 0 N–H and O–H groups in total. The van der Waals surface area contributed by atoms with Crippen molar-refractivity contribution in [3.8, 4) is 0 Å². The summed E-state index contributed by atoms with van der Waals surface area (Å²) >= 11 is 3.31. The highest BCUT2D eigenvalue weighted by Gasteiger charge is 2.39. The Morgan fingerprint density at radius 2 is 2.06 bits per heavy atom. The molecule has 1 aliphatic heterocycles. The number of benzene rings is 1. The van der Waals surface area contributed by atoms with Crippen LogP contribution in [0.2, 0.25) is 0 Å². The zero-order valence-electron chi connectivity index (χ0n) is 9.48. The molecular formula is C13H10BrNO3. The molecule has 1 saturated carbocycles. The molecule has 0 atom stereocenters. The molecule has 1 amide bonds. The lowest BCUT2D eigenvalue weighted by molar-refractivity contribution is -0.121. The highest BCUT2D eigenvalue weighted by atomic mass is 79.9. The van der Waals surface area contributed by atoms with E-state index in [1.165, 1.54) is 4.90 Å². The summed E-state index contributed by atoms with van der Waals surface area (Å²) in [5.41, 5.74) is 0.917. The molecular weight excluding hydrogens is 298 g/mol. The molecule has 0 radical (unpaired) electrons. The van der Waals surface area contributed by atoms with Crippen molar-refractivity contribution in [3.05, 3.63) is 28.2 Å². The van der Waals surface area contributed by atoms with Crippen molar-refractivity contribution in [1.82, 2.24) is 0 Å². The van der Waals surface area contributed by atoms with E-state index >= 15 is 0 Å². The first-order chi connectivity index (χ1) is 8.58. The minimum absolute atomic E-state index is 0.0126. The summed E-state index contributed by atoms with van der Waals surface area (Å²) in [6.45, 7) is 0.0126. The van der Waals surface area contributed by atoms with E-state index in [0.717, 1.165) is 17.3 Å². The molecule has 0 unspecified atom stereocenters. The molecule has 5 heteroatoms. The Hall–Kier alpha value is -1.49. The third-order valence-electron chi connectivity index (χ3n) is 3.28. The number of nitrogens with zero attached hydrogens (tertiary/aromatic N) is 1. The van der Waals surface area contributed by atoms with Crippen LogP contribution < -0.4 is 4.90 Å². The maximum Gasteiger partial charge on any atom is 0.299 e. The van der Waals surface area contributed by atoms with Gasteiger partial charge in [-0.25, -0.2) is 0 Å². The fourth-order valence-electron chi connectivity index (χ4n) is 2.11. The number of fused-ring (bicyclic) bond motifs is 1. The summed E-state index contributed by atoms with van der Waals surface area (Å²) in [6.07, 6.45) is 1.81.